The largest absolute Gasteiger partial charge is 0.483 e. The zero-order valence-corrected chi connectivity index (χ0v) is 12.7. The molecule has 0 fully saturated rings. The molecule has 3 nitrogen and oxygen atoms in total. The summed E-state index contributed by atoms with van der Waals surface area (Å²) in [6, 6.07) is 13.9. The molecule has 1 aliphatic heterocycles. The van der Waals surface area contributed by atoms with Crippen LogP contribution in [0, 0.1) is 0 Å². The lowest BCUT2D eigenvalue weighted by molar-refractivity contribution is 0.127. The topological polar surface area (TPSA) is 44.5 Å². The molecule has 110 valence electrons. The molecule has 3 heteroatoms. The highest BCUT2D eigenvalue weighted by molar-refractivity contribution is 5.50. The standard InChI is InChI=1S/C18H21NO2/c1-12(13-6-4-8-15(19)10-13)20-16-9-5-7-14-11-18(2,3)21-17(14)16/h4-10,12H,11,19H2,1-3H3. The fourth-order valence-electron chi connectivity index (χ4n) is 2.75. The molecule has 0 spiro atoms. The van der Waals surface area contributed by atoms with Crippen molar-refractivity contribution in [2.75, 3.05) is 5.73 Å². The molecular formula is C18H21NO2. The molecule has 2 aromatic carbocycles. The third-order valence-electron chi connectivity index (χ3n) is 3.74. The van der Waals surface area contributed by atoms with E-state index >= 15 is 0 Å². The highest BCUT2D eigenvalue weighted by Gasteiger charge is 2.32. The Morgan fingerprint density at radius 2 is 1.95 bits per heavy atom. The van der Waals surface area contributed by atoms with Crippen LogP contribution in [0.15, 0.2) is 42.5 Å². The van der Waals surface area contributed by atoms with Crippen LogP contribution in [0.4, 0.5) is 5.69 Å². The van der Waals surface area contributed by atoms with Gasteiger partial charge in [-0.15, -0.1) is 0 Å². The van der Waals surface area contributed by atoms with Crippen LogP contribution in [-0.2, 0) is 6.42 Å². The van der Waals surface area contributed by atoms with Crippen molar-refractivity contribution >= 4 is 5.69 Å². The molecule has 0 bridgehead atoms. The van der Waals surface area contributed by atoms with Gasteiger partial charge in [-0.3, -0.25) is 0 Å². The highest BCUT2D eigenvalue weighted by atomic mass is 16.5. The van der Waals surface area contributed by atoms with Gasteiger partial charge in [0.1, 0.15) is 11.7 Å². The lowest BCUT2D eigenvalue weighted by Crippen LogP contribution is -2.24. The summed E-state index contributed by atoms with van der Waals surface area (Å²) in [5.74, 6) is 1.67. The van der Waals surface area contributed by atoms with E-state index in [4.69, 9.17) is 15.2 Å². The molecule has 1 unspecified atom stereocenters. The van der Waals surface area contributed by atoms with E-state index in [0.29, 0.717) is 0 Å². The third kappa shape index (κ3) is 2.82. The predicted molar refractivity (Wildman–Crippen MR) is 84.8 cm³/mol. The minimum Gasteiger partial charge on any atom is -0.483 e. The minimum atomic E-state index is -0.164. The van der Waals surface area contributed by atoms with Crippen molar-refractivity contribution in [2.45, 2.75) is 38.9 Å². The van der Waals surface area contributed by atoms with Gasteiger partial charge in [-0.2, -0.15) is 0 Å². The summed E-state index contributed by atoms with van der Waals surface area (Å²) < 4.78 is 12.1. The summed E-state index contributed by atoms with van der Waals surface area (Å²) in [5.41, 5.74) is 8.69. The van der Waals surface area contributed by atoms with Crippen molar-refractivity contribution in [2.24, 2.45) is 0 Å². The smallest absolute Gasteiger partial charge is 0.165 e. The molecule has 3 rings (SSSR count). The first-order chi connectivity index (χ1) is 9.94. The third-order valence-corrected chi connectivity index (χ3v) is 3.74. The molecule has 2 N–H and O–H groups in total. The Kier molecular flexibility index (Phi) is 3.28. The second kappa shape index (κ2) is 4.99. The van der Waals surface area contributed by atoms with Crippen LogP contribution in [0.3, 0.4) is 0 Å². The second-order valence-electron chi connectivity index (χ2n) is 6.21. The molecule has 0 aromatic heterocycles. The summed E-state index contributed by atoms with van der Waals surface area (Å²) in [4.78, 5) is 0. The quantitative estimate of drug-likeness (QED) is 0.862. The highest BCUT2D eigenvalue weighted by Crippen LogP contribution is 2.43. The summed E-state index contributed by atoms with van der Waals surface area (Å²) in [6.07, 6.45) is 0.832. The number of ether oxygens (including phenoxy) is 2. The molecule has 21 heavy (non-hydrogen) atoms. The number of para-hydroxylation sites is 1. The Labute approximate surface area is 125 Å². The molecule has 0 saturated heterocycles. The average Bonchev–Trinajstić information content (AvgIpc) is 2.74. The lowest BCUT2D eigenvalue weighted by atomic mass is 10.0. The van der Waals surface area contributed by atoms with Gasteiger partial charge in [0.2, 0.25) is 0 Å². The second-order valence-corrected chi connectivity index (χ2v) is 6.21. The van der Waals surface area contributed by atoms with Gasteiger partial charge in [-0.25, -0.2) is 0 Å². The van der Waals surface area contributed by atoms with Crippen LogP contribution in [0.2, 0.25) is 0 Å². The fourth-order valence-corrected chi connectivity index (χ4v) is 2.75. The van der Waals surface area contributed by atoms with Crippen LogP contribution in [-0.4, -0.2) is 5.60 Å². The summed E-state index contributed by atoms with van der Waals surface area (Å²) in [7, 11) is 0. The lowest BCUT2D eigenvalue weighted by Gasteiger charge is -2.20. The van der Waals surface area contributed by atoms with E-state index in [-0.39, 0.29) is 11.7 Å². The molecule has 0 radical (unpaired) electrons. The zero-order valence-electron chi connectivity index (χ0n) is 12.7. The van der Waals surface area contributed by atoms with Gasteiger partial charge in [0, 0.05) is 17.7 Å². The Balaban J connectivity index is 1.85. The van der Waals surface area contributed by atoms with Gasteiger partial charge < -0.3 is 15.2 Å². The first kappa shape index (κ1) is 13.8. The van der Waals surface area contributed by atoms with Crippen molar-refractivity contribution in [3.8, 4) is 11.5 Å². The van der Waals surface area contributed by atoms with Crippen LogP contribution < -0.4 is 15.2 Å². The zero-order chi connectivity index (χ0) is 15.0. The van der Waals surface area contributed by atoms with Gasteiger partial charge in [0.25, 0.3) is 0 Å². The van der Waals surface area contributed by atoms with Gasteiger partial charge in [0.05, 0.1) is 0 Å². The first-order valence-corrected chi connectivity index (χ1v) is 7.28. The average molecular weight is 283 g/mol. The van der Waals surface area contributed by atoms with E-state index in [0.717, 1.165) is 29.2 Å². The van der Waals surface area contributed by atoms with Gasteiger partial charge in [0.15, 0.2) is 11.5 Å². The van der Waals surface area contributed by atoms with Crippen molar-refractivity contribution in [3.05, 3.63) is 53.6 Å². The van der Waals surface area contributed by atoms with Gasteiger partial charge in [-0.05, 0) is 44.5 Å². The summed E-state index contributed by atoms with van der Waals surface area (Å²) in [5, 5.41) is 0. The molecule has 1 atom stereocenters. The van der Waals surface area contributed by atoms with E-state index in [1.54, 1.807) is 0 Å². The predicted octanol–water partition coefficient (Wildman–Crippen LogP) is 4.12. The molecule has 0 amide bonds. The SMILES string of the molecule is CC(Oc1cccc2c1OC(C)(C)C2)c1cccc(N)c1. The Morgan fingerprint density at radius 1 is 1.19 bits per heavy atom. The number of benzene rings is 2. The molecule has 0 saturated carbocycles. The Bertz CT molecular complexity index is 664. The minimum absolute atomic E-state index is 0.0766. The van der Waals surface area contributed by atoms with Crippen molar-refractivity contribution < 1.29 is 9.47 Å². The Morgan fingerprint density at radius 3 is 2.71 bits per heavy atom. The van der Waals surface area contributed by atoms with E-state index in [9.17, 15) is 0 Å². The monoisotopic (exact) mass is 283 g/mol. The van der Waals surface area contributed by atoms with Gasteiger partial charge in [-0.1, -0.05) is 24.3 Å². The maximum Gasteiger partial charge on any atom is 0.165 e. The molecule has 1 heterocycles. The van der Waals surface area contributed by atoms with E-state index in [1.807, 2.05) is 43.3 Å². The first-order valence-electron chi connectivity index (χ1n) is 7.28. The normalized spacial score (nSPS) is 16.9. The summed E-state index contributed by atoms with van der Waals surface area (Å²) in [6.45, 7) is 6.21. The number of anilines is 1. The van der Waals surface area contributed by atoms with Crippen molar-refractivity contribution in [1.29, 1.82) is 0 Å². The number of hydrogen-bond acceptors (Lipinski definition) is 3. The van der Waals surface area contributed by atoms with E-state index in [2.05, 4.69) is 19.9 Å². The van der Waals surface area contributed by atoms with Crippen LogP contribution in [0.1, 0.15) is 38.0 Å². The molecule has 1 aliphatic rings. The number of nitrogens with two attached hydrogens (primary N) is 1. The maximum atomic E-state index is 6.11. The fraction of sp³-hybridized carbons (Fsp3) is 0.333. The van der Waals surface area contributed by atoms with Crippen LogP contribution in [0.5, 0.6) is 11.5 Å². The van der Waals surface area contributed by atoms with Gasteiger partial charge >= 0.3 is 0 Å². The number of rotatable bonds is 3. The summed E-state index contributed by atoms with van der Waals surface area (Å²) >= 11 is 0. The number of hydrogen-bond donors (Lipinski definition) is 1. The molecule has 0 aliphatic carbocycles. The van der Waals surface area contributed by atoms with Crippen LogP contribution in [0.25, 0.3) is 0 Å². The molecular weight excluding hydrogens is 262 g/mol. The number of fused-ring (bicyclic) bond motifs is 1. The Hall–Kier alpha value is -2.16. The number of nitrogen functional groups attached to an aromatic ring is 1. The van der Waals surface area contributed by atoms with Crippen molar-refractivity contribution in [3.63, 3.8) is 0 Å². The van der Waals surface area contributed by atoms with E-state index in [1.165, 1.54) is 5.56 Å². The maximum absolute atomic E-state index is 6.11. The van der Waals surface area contributed by atoms with E-state index < -0.39 is 0 Å². The van der Waals surface area contributed by atoms with Crippen molar-refractivity contribution in [1.82, 2.24) is 0 Å². The van der Waals surface area contributed by atoms with Crippen LogP contribution >= 0.6 is 0 Å². The molecule has 2 aromatic rings.